The van der Waals surface area contributed by atoms with Crippen LogP contribution in [0.2, 0.25) is 15.1 Å². The Balaban J connectivity index is 2.14. The van der Waals surface area contributed by atoms with Crippen LogP contribution < -0.4 is 10.1 Å². The van der Waals surface area contributed by atoms with E-state index in [-0.39, 0.29) is 5.75 Å². The molecule has 0 atom stereocenters. The molecule has 2 rings (SSSR count). The maximum Gasteiger partial charge on any atom is 0.167 e. The summed E-state index contributed by atoms with van der Waals surface area (Å²) in [6.45, 7) is 2.55. The quantitative estimate of drug-likeness (QED) is 0.690. The second-order valence-electron chi connectivity index (χ2n) is 4.25. The number of halogens is 4. The minimum Gasteiger partial charge on any atom is -0.491 e. The van der Waals surface area contributed by atoms with Crippen molar-refractivity contribution in [2.45, 2.75) is 13.5 Å². The van der Waals surface area contributed by atoms with Crippen molar-refractivity contribution in [1.82, 2.24) is 0 Å². The van der Waals surface area contributed by atoms with Crippen LogP contribution in [0.15, 0.2) is 30.3 Å². The predicted octanol–water partition coefficient (Wildman–Crippen LogP) is 5.80. The number of benzene rings is 2. The van der Waals surface area contributed by atoms with E-state index in [9.17, 15) is 4.39 Å². The summed E-state index contributed by atoms with van der Waals surface area (Å²) in [5.41, 5.74) is 1.27. The van der Waals surface area contributed by atoms with Gasteiger partial charge in [-0.15, -0.1) is 0 Å². The fourth-order valence-electron chi connectivity index (χ4n) is 1.80. The second kappa shape index (κ2) is 7.21. The highest BCUT2D eigenvalue weighted by Gasteiger charge is 2.10. The van der Waals surface area contributed by atoms with Gasteiger partial charge in [-0.05, 0) is 31.2 Å². The fourth-order valence-corrected chi connectivity index (χ4v) is 2.49. The normalized spacial score (nSPS) is 10.5. The lowest BCUT2D eigenvalue weighted by Crippen LogP contribution is -2.02. The Morgan fingerprint density at radius 1 is 1.10 bits per heavy atom. The van der Waals surface area contributed by atoms with E-state index >= 15 is 0 Å². The molecular weight excluding hydrogens is 336 g/mol. The first-order valence-electron chi connectivity index (χ1n) is 6.31. The molecule has 0 unspecified atom stereocenters. The van der Waals surface area contributed by atoms with Crippen molar-refractivity contribution in [3.8, 4) is 5.75 Å². The van der Waals surface area contributed by atoms with Gasteiger partial charge in [0.05, 0.1) is 16.7 Å². The molecular formula is C15H13Cl3FNO. The standard InChI is InChI=1S/C15H13Cl3FNO/c1-2-21-14-6-3-9(7-13(14)19)20-8-10-11(16)4-5-12(17)15(10)18/h3-7,20H,2,8H2,1H3. The van der Waals surface area contributed by atoms with Gasteiger partial charge in [-0.3, -0.25) is 0 Å². The molecule has 0 saturated carbocycles. The molecule has 0 heterocycles. The molecule has 2 aromatic carbocycles. The van der Waals surface area contributed by atoms with Crippen molar-refractivity contribution >= 4 is 40.5 Å². The predicted molar refractivity (Wildman–Crippen MR) is 86.4 cm³/mol. The first-order chi connectivity index (χ1) is 10.0. The van der Waals surface area contributed by atoms with Crippen LogP contribution in [0.1, 0.15) is 12.5 Å². The average molecular weight is 349 g/mol. The third-order valence-corrected chi connectivity index (χ3v) is 4.04. The summed E-state index contributed by atoms with van der Waals surface area (Å²) in [7, 11) is 0. The Hall–Kier alpha value is -1.16. The zero-order chi connectivity index (χ0) is 15.4. The minimum atomic E-state index is -0.426. The van der Waals surface area contributed by atoms with Crippen molar-refractivity contribution < 1.29 is 9.13 Å². The summed E-state index contributed by atoms with van der Waals surface area (Å²) in [5, 5.41) is 4.38. The van der Waals surface area contributed by atoms with E-state index in [0.29, 0.717) is 39.5 Å². The highest BCUT2D eigenvalue weighted by atomic mass is 35.5. The smallest absolute Gasteiger partial charge is 0.167 e. The number of hydrogen-bond donors (Lipinski definition) is 1. The lowest BCUT2D eigenvalue weighted by atomic mass is 10.2. The summed E-state index contributed by atoms with van der Waals surface area (Å²) < 4.78 is 18.9. The van der Waals surface area contributed by atoms with E-state index in [1.807, 2.05) is 0 Å². The maximum atomic E-state index is 13.7. The van der Waals surface area contributed by atoms with Gasteiger partial charge in [0.2, 0.25) is 0 Å². The second-order valence-corrected chi connectivity index (χ2v) is 5.45. The molecule has 0 radical (unpaired) electrons. The number of rotatable bonds is 5. The van der Waals surface area contributed by atoms with Gasteiger partial charge < -0.3 is 10.1 Å². The van der Waals surface area contributed by atoms with Crippen molar-refractivity contribution in [3.63, 3.8) is 0 Å². The van der Waals surface area contributed by atoms with Gasteiger partial charge in [-0.1, -0.05) is 34.8 Å². The first-order valence-corrected chi connectivity index (χ1v) is 7.45. The van der Waals surface area contributed by atoms with Gasteiger partial charge in [-0.25, -0.2) is 4.39 Å². The molecule has 0 fully saturated rings. The molecule has 0 aliphatic heterocycles. The topological polar surface area (TPSA) is 21.3 Å². The Morgan fingerprint density at radius 3 is 2.48 bits per heavy atom. The van der Waals surface area contributed by atoms with Gasteiger partial charge in [0.15, 0.2) is 11.6 Å². The van der Waals surface area contributed by atoms with Crippen LogP contribution in [0.25, 0.3) is 0 Å². The molecule has 112 valence electrons. The van der Waals surface area contributed by atoms with Crippen molar-refractivity contribution in [3.05, 3.63) is 56.8 Å². The molecule has 1 N–H and O–H groups in total. The van der Waals surface area contributed by atoms with E-state index in [4.69, 9.17) is 39.5 Å². The lowest BCUT2D eigenvalue weighted by molar-refractivity contribution is 0.321. The summed E-state index contributed by atoms with van der Waals surface area (Å²) >= 11 is 18.2. The number of ether oxygens (including phenoxy) is 1. The van der Waals surface area contributed by atoms with Crippen LogP contribution in [0.4, 0.5) is 10.1 Å². The molecule has 0 spiro atoms. The molecule has 0 bridgehead atoms. The Labute approximate surface area is 137 Å². The molecule has 0 aromatic heterocycles. The van der Waals surface area contributed by atoms with E-state index in [1.54, 1.807) is 31.2 Å². The van der Waals surface area contributed by atoms with Crippen LogP contribution in [0, 0.1) is 5.82 Å². The van der Waals surface area contributed by atoms with Gasteiger partial charge in [0.1, 0.15) is 0 Å². The van der Waals surface area contributed by atoms with Crippen molar-refractivity contribution in [1.29, 1.82) is 0 Å². The van der Waals surface area contributed by atoms with E-state index in [1.165, 1.54) is 6.07 Å². The highest BCUT2D eigenvalue weighted by molar-refractivity contribution is 6.44. The van der Waals surface area contributed by atoms with Gasteiger partial charge >= 0.3 is 0 Å². The number of hydrogen-bond acceptors (Lipinski definition) is 2. The molecule has 2 aromatic rings. The summed E-state index contributed by atoms with van der Waals surface area (Å²) in [5.74, 6) is -0.202. The van der Waals surface area contributed by atoms with Gasteiger partial charge in [0.25, 0.3) is 0 Å². The largest absolute Gasteiger partial charge is 0.491 e. The molecule has 21 heavy (non-hydrogen) atoms. The SMILES string of the molecule is CCOc1ccc(NCc2c(Cl)ccc(Cl)c2Cl)cc1F. The fraction of sp³-hybridized carbons (Fsp3) is 0.200. The molecule has 2 nitrogen and oxygen atoms in total. The van der Waals surface area contributed by atoms with Gasteiger partial charge in [-0.2, -0.15) is 0 Å². The van der Waals surface area contributed by atoms with Crippen LogP contribution in [-0.2, 0) is 6.54 Å². The highest BCUT2D eigenvalue weighted by Crippen LogP contribution is 2.32. The summed E-state index contributed by atoms with van der Waals surface area (Å²) in [6, 6.07) is 7.96. The van der Waals surface area contributed by atoms with Crippen molar-refractivity contribution in [2.75, 3.05) is 11.9 Å². The molecule has 0 aliphatic rings. The third-order valence-electron chi connectivity index (χ3n) is 2.84. The lowest BCUT2D eigenvalue weighted by Gasteiger charge is -2.12. The zero-order valence-corrected chi connectivity index (χ0v) is 13.5. The Morgan fingerprint density at radius 2 is 1.81 bits per heavy atom. The van der Waals surface area contributed by atoms with E-state index < -0.39 is 5.82 Å². The monoisotopic (exact) mass is 347 g/mol. The van der Waals surface area contributed by atoms with Crippen LogP contribution in [-0.4, -0.2) is 6.61 Å². The van der Waals surface area contributed by atoms with E-state index in [0.717, 1.165) is 0 Å². The Bertz CT molecular complexity index is 649. The van der Waals surface area contributed by atoms with Crippen LogP contribution in [0.3, 0.4) is 0 Å². The summed E-state index contributed by atoms with van der Waals surface area (Å²) in [4.78, 5) is 0. The average Bonchev–Trinajstić information content (AvgIpc) is 2.46. The summed E-state index contributed by atoms with van der Waals surface area (Å²) in [6.07, 6.45) is 0. The third kappa shape index (κ3) is 3.94. The Kier molecular flexibility index (Phi) is 5.57. The molecule has 6 heteroatoms. The zero-order valence-electron chi connectivity index (χ0n) is 11.2. The first kappa shape index (κ1) is 16.2. The molecule has 0 aliphatic carbocycles. The van der Waals surface area contributed by atoms with Crippen LogP contribution in [0.5, 0.6) is 5.75 Å². The van der Waals surface area contributed by atoms with Crippen LogP contribution >= 0.6 is 34.8 Å². The molecule has 0 amide bonds. The maximum absolute atomic E-state index is 13.7. The van der Waals surface area contributed by atoms with Crippen molar-refractivity contribution in [2.24, 2.45) is 0 Å². The van der Waals surface area contributed by atoms with Gasteiger partial charge in [0, 0.05) is 28.9 Å². The van der Waals surface area contributed by atoms with E-state index in [2.05, 4.69) is 5.32 Å². The number of nitrogens with one attached hydrogen (secondary N) is 1. The minimum absolute atomic E-state index is 0.224. The molecule has 0 saturated heterocycles. The number of anilines is 1.